The third-order valence-corrected chi connectivity index (χ3v) is 3.35. The molecule has 0 saturated heterocycles. The van der Waals surface area contributed by atoms with Gasteiger partial charge in [0.1, 0.15) is 0 Å². The molecule has 1 heterocycles. The molecular weight excluding hydrogens is 286 g/mol. The van der Waals surface area contributed by atoms with Crippen molar-refractivity contribution in [2.24, 2.45) is 5.16 Å². The molecule has 0 aliphatic carbocycles. The fraction of sp³-hybridized carbons (Fsp3) is 0.333. The number of benzene rings is 1. The van der Waals surface area contributed by atoms with Crippen LogP contribution in [-0.4, -0.2) is 21.2 Å². The summed E-state index contributed by atoms with van der Waals surface area (Å²) in [6.07, 6.45) is 2.42. The molecule has 1 aromatic heterocycles. The Bertz CT molecular complexity index is 761. The SMILES string of the molecule is CCC(=NOC(C)=O)c1cn(CC)c2ccc([N+](=O)[O-])cc12. The Morgan fingerprint density at radius 1 is 1.41 bits per heavy atom. The second-order valence-corrected chi connectivity index (χ2v) is 4.76. The summed E-state index contributed by atoms with van der Waals surface area (Å²) in [4.78, 5) is 26.2. The summed E-state index contributed by atoms with van der Waals surface area (Å²) in [7, 11) is 0. The van der Waals surface area contributed by atoms with Gasteiger partial charge in [0.25, 0.3) is 5.69 Å². The van der Waals surface area contributed by atoms with Crippen LogP contribution in [0.25, 0.3) is 10.9 Å². The minimum absolute atomic E-state index is 0.0190. The highest BCUT2D eigenvalue weighted by atomic mass is 16.7. The third kappa shape index (κ3) is 2.98. The van der Waals surface area contributed by atoms with Gasteiger partial charge >= 0.3 is 5.97 Å². The molecule has 0 atom stereocenters. The summed E-state index contributed by atoms with van der Waals surface area (Å²) in [5.41, 5.74) is 2.22. The van der Waals surface area contributed by atoms with E-state index in [-0.39, 0.29) is 5.69 Å². The molecule has 0 N–H and O–H groups in total. The lowest BCUT2D eigenvalue weighted by molar-refractivity contribution is -0.384. The van der Waals surface area contributed by atoms with Gasteiger partial charge in [-0.25, -0.2) is 4.79 Å². The number of hydrogen-bond acceptors (Lipinski definition) is 5. The Hall–Kier alpha value is -2.70. The molecule has 2 rings (SSSR count). The van der Waals surface area contributed by atoms with Crippen molar-refractivity contribution < 1.29 is 14.6 Å². The number of fused-ring (bicyclic) bond motifs is 1. The Labute approximate surface area is 127 Å². The van der Waals surface area contributed by atoms with Crippen LogP contribution in [-0.2, 0) is 16.2 Å². The standard InChI is InChI=1S/C15H17N3O4/c1-4-14(16-22-10(3)19)13-9-17(5-2)15-7-6-11(18(20)21)8-12(13)15/h6-9H,4-5H2,1-3H3. The molecule has 0 fully saturated rings. The van der Waals surface area contributed by atoms with Crippen LogP contribution >= 0.6 is 0 Å². The van der Waals surface area contributed by atoms with E-state index in [4.69, 9.17) is 4.84 Å². The molecule has 0 aliphatic rings. The molecule has 0 radical (unpaired) electrons. The zero-order valence-electron chi connectivity index (χ0n) is 12.7. The van der Waals surface area contributed by atoms with Gasteiger partial charge < -0.3 is 9.40 Å². The monoisotopic (exact) mass is 303 g/mol. The van der Waals surface area contributed by atoms with Crippen LogP contribution in [0.15, 0.2) is 29.6 Å². The first kappa shape index (κ1) is 15.7. The molecule has 0 aliphatic heterocycles. The number of nitrogens with zero attached hydrogens (tertiary/aromatic N) is 3. The van der Waals surface area contributed by atoms with E-state index in [9.17, 15) is 14.9 Å². The van der Waals surface area contributed by atoms with Crippen LogP contribution in [0.4, 0.5) is 5.69 Å². The first-order valence-electron chi connectivity index (χ1n) is 7.00. The maximum Gasteiger partial charge on any atom is 0.331 e. The van der Waals surface area contributed by atoms with E-state index in [1.54, 1.807) is 6.07 Å². The zero-order chi connectivity index (χ0) is 16.3. The van der Waals surface area contributed by atoms with Gasteiger partial charge in [0.2, 0.25) is 0 Å². The molecule has 1 aromatic carbocycles. The second kappa shape index (κ2) is 6.38. The van der Waals surface area contributed by atoms with Crippen LogP contribution in [0.5, 0.6) is 0 Å². The Morgan fingerprint density at radius 3 is 2.68 bits per heavy atom. The average Bonchev–Trinajstić information content (AvgIpc) is 2.85. The number of oxime groups is 1. The molecule has 7 heteroatoms. The van der Waals surface area contributed by atoms with Crippen molar-refractivity contribution >= 4 is 28.3 Å². The topological polar surface area (TPSA) is 86.7 Å². The molecule has 0 amide bonds. The molecule has 2 aromatic rings. The first-order valence-corrected chi connectivity index (χ1v) is 7.00. The fourth-order valence-electron chi connectivity index (χ4n) is 2.31. The number of aromatic nitrogens is 1. The number of hydrogen-bond donors (Lipinski definition) is 0. The van der Waals surface area contributed by atoms with Gasteiger partial charge in [0.15, 0.2) is 0 Å². The predicted octanol–water partition coefficient (Wildman–Crippen LogP) is 3.25. The normalized spacial score (nSPS) is 11.7. The van der Waals surface area contributed by atoms with Crippen molar-refractivity contribution in [2.75, 3.05) is 0 Å². The van der Waals surface area contributed by atoms with E-state index in [1.807, 2.05) is 24.6 Å². The molecule has 0 unspecified atom stereocenters. The van der Waals surface area contributed by atoms with Crippen molar-refractivity contribution in [1.82, 2.24) is 4.57 Å². The van der Waals surface area contributed by atoms with E-state index in [0.29, 0.717) is 12.1 Å². The number of carbonyl (C=O) groups excluding carboxylic acids is 1. The second-order valence-electron chi connectivity index (χ2n) is 4.76. The quantitative estimate of drug-likeness (QED) is 0.367. The number of non-ortho nitro benzene ring substituents is 1. The number of aryl methyl sites for hydroxylation is 1. The Balaban J connectivity index is 2.65. The van der Waals surface area contributed by atoms with Gasteiger partial charge in [-0.2, -0.15) is 0 Å². The highest BCUT2D eigenvalue weighted by Gasteiger charge is 2.16. The van der Waals surface area contributed by atoms with Crippen LogP contribution in [0.3, 0.4) is 0 Å². The molecule has 0 saturated carbocycles. The molecular formula is C15H17N3O4. The van der Waals surface area contributed by atoms with E-state index < -0.39 is 10.9 Å². The van der Waals surface area contributed by atoms with E-state index >= 15 is 0 Å². The molecule has 116 valence electrons. The van der Waals surface area contributed by atoms with Gasteiger partial charge in [-0.3, -0.25) is 10.1 Å². The third-order valence-electron chi connectivity index (χ3n) is 3.35. The average molecular weight is 303 g/mol. The lowest BCUT2D eigenvalue weighted by Gasteiger charge is -2.01. The summed E-state index contributed by atoms with van der Waals surface area (Å²) in [6, 6.07) is 4.72. The summed E-state index contributed by atoms with van der Waals surface area (Å²) in [5.74, 6) is -0.504. The Kier molecular flexibility index (Phi) is 4.55. The molecule has 22 heavy (non-hydrogen) atoms. The fourth-order valence-corrected chi connectivity index (χ4v) is 2.31. The van der Waals surface area contributed by atoms with Gasteiger partial charge in [-0.1, -0.05) is 12.1 Å². The number of nitro benzene ring substituents is 1. The molecule has 7 nitrogen and oxygen atoms in total. The smallest absolute Gasteiger partial charge is 0.331 e. The van der Waals surface area contributed by atoms with Crippen molar-refractivity contribution in [3.63, 3.8) is 0 Å². The van der Waals surface area contributed by atoms with Gasteiger partial charge in [-0.15, -0.1) is 0 Å². The van der Waals surface area contributed by atoms with Crippen molar-refractivity contribution in [1.29, 1.82) is 0 Å². The highest BCUT2D eigenvalue weighted by molar-refractivity contribution is 6.11. The zero-order valence-corrected chi connectivity index (χ0v) is 12.7. The van der Waals surface area contributed by atoms with E-state index in [2.05, 4.69) is 5.16 Å². The van der Waals surface area contributed by atoms with Crippen LogP contribution in [0, 0.1) is 10.1 Å². The van der Waals surface area contributed by atoms with Crippen molar-refractivity contribution in [2.45, 2.75) is 33.7 Å². The lowest BCUT2D eigenvalue weighted by Crippen LogP contribution is -2.02. The lowest BCUT2D eigenvalue weighted by atomic mass is 10.1. The largest absolute Gasteiger partial charge is 0.347 e. The Morgan fingerprint density at radius 2 is 2.14 bits per heavy atom. The van der Waals surface area contributed by atoms with Crippen LogP contribution in [0.2, 0.25) is 0 Å². The number of nitro groups is 1. The molecule has 0 spiro atoms. The maximum atomic E-state index is 11.0. The van der Waals surface area contributed by atoms with Crippen LogP contribution < -0.4 is 0 Å². The summed E-state index contributed by atoms with van der Waals surface area (Å²) in [6.45, 7) is 5.87. The number of rotatable bonds is 5. The van der Waals surface area contributed by atoms with Crippen molar-refractivity contribution in [3.05, 3.63) is 40.1 Å². The first-order chi connectivity index (χ1) is 10.5. The van der Waals surface area contributed by atoms with Gasteiger partial charge in [-0.05, 0) is 19.4 Å². The van der Waals surface area contributed by atoms with Crippen molar-refractivity contribution in [3.8, 4) is 0 Å². The van der Waals surface area contributed by atoms with Crippen LogP contribution in [0.1, 0.15) is 32.8 Å². The summed E-state index contributed by atoms with van der Waals surface area (Å²) in [5, 5.41) is 15.6. The maximum absolute atomic E-state index is 11.0. The van der Waals surface area contributed by atoms with E-state index in [1.165, 1.54) is 19.1 Å². The minimum Gasteiger partial charge on any atom is -0.347 e. The molecule has 0 bridgehead atoms. The predicted molar refractivity (Wildman–Crippen MR) is 82.9 cm³/mol. The highest BCUT2D eigenvalue weighted by Crippen LogP contribution is 2.27. The van der Waals surface area contributed by atoms with Gasteiger partial charge in [0, 0.05) is 48.3 Å². The summed E-state index contributed by atoms with van der Waals surface area (Å²) < 4.78 is 1.98. The number of carbonyl (C=O) groups is 1. The van der Waals surface area contributed by atoms with Gasteiger partial charge in [0.05, 0.1) is 10.6 Å². The summed E-state index contributed by atoms with van der Waals surface area (Å²) >= 11 is 0. The minimum atomic E-state index is -0.504. The van der Waals surface area contributed by atoms with E-state index in [0.717, 1.165) is 23.0 Å².